The molecule has 0 aliphatic heterocycles. The fourth-order valence-corrected chi connectivity index (χ4v) is 3.09. The van der Waals surface area contributed by atoms with Crippen LogP contribution >= 0.6 is 11.3 Å². The van der Waals surface area contributed by atoms with E-state index in [9.17, 15) is 9.18 Å². The number of nitrogens with one attached hydrogen (secondary N) is 1. The van der Waals surface area contributed by atoms with Crippen LogP contribution in [0, 0.1) is 5.82 Å². The molecule has 1 aromatic carbocycles. The summed E-state index contributed by atoms with van der Waals surface area (Å²) in [5.74, 6) is 0.748. The molecule has 0 spiro atoms. The number of hydrogen-bond donors (Lipinski definition) is 1. The quantitative estimate of drug-likeness (QED) is 0.668. The Kier molecular flexibility index (Phi) is 5.65. The zero-order valence-electron chi connectivity index (χ0n) is 15.5. The number of benzene rings is 1. The lowest BCUT2D eigenvalue weighted by Crippen LogP contribution is -2.13. The van der Waals surface area contributed by atoms with E-state index < -0.39 is 0 Å². The number of nitrogens with zero attached hydrogens (tertiary/aromatic N) is 3. The lowest BCUT2D eigenvalue weighted by atomic mass is 9.96. The molecule has 8 heteroatoms. The normalized spacial score (nSPS) is 11.6. The first kappa shape index (κ1) is 19.2. The largest absolute Gasteiger partial charge is 0.339 e. The smallest absolute Gasteiger partial charge is 0.226 e. The molecule has 0 bridgehead atoms. The summed E-state index contributed by atoms with van der Waals surface area (Å²) in [5, 5.41) is 9.02. The van der Waals surface area contributed by atoms with E-state index >= 15 is 0 Å². The Morgan fingerprint density at radius 2 is 2.11 bits per heavy atom. The van der Waals surface area contributed by atoms with Crippen molar-refractivity contribution in [3.8, 4) is 11.3 Å². The summed E-state index contributed by atoms with van der Waals surface area (Å²) in [7, 11) is 0. The van der Waals surface area contributed by atoms with Crippen LogP contribution in [0.2, 0.25) is 0 Å². The van der Waals surface area contributed by atoms with E-state index in [1.807, 2.05) is 20.8 Å². The van der Waals surface area contributed by atoms with Crippen molar-refractivity contribution in [1.29, 1.82) is 0 Å². The first-order valence-corrected chi connectivity index (χ1v) is 9.53. The van der Waals surface area contributed by atoms with Gasteiger partial charge in [0.1, 0.15) is 5.82 Å². The van der Waals surface area contributed by atoms with Crippen LogP contribution in [0.3, 0.4) is 0 Å². The van der Waals surface area contributed by atoms with Crippen LogP contribution in [0.25, 0.3) is 11.3 Å². The summed E-state index contributed by atoms with van der Waals surface area (Å²) in [6.07, 6.45) is 1.46. The van der Waals surface area contributed by atoms with Gasteiger partial charge in [-0.25, -0.2) is 9.37 Å². The molecule has 2 heterocycles. The van der Waals surface area contributed by atoms with Crippen LogP contribution < -0.4 is 5.32 Å². The van der Waals surface area contributed by atoms with E-state index in [1.54, 1.807) is 17.5 Å². The van der Waals surface area contributed by atoms with Gasteiger partial charge < -0.3 is 9.84 Å². The standard InChI is InChI=1S/C19H21FN4O2S/c1-19(2,3)17-23-16(26-24-17)9-5-8-15(25)22-18-21-14(11-27-18)12-6-4-7-13(20)10-12/h4,6-7,10-11H,5,8-9H2,1-3H3,(H,21,22,25). The van der Waals surface area contributed by atoms with E-state index in [2.05, 4.69) is 20.4 Å². The number of amides is 1. The number of thiazole rings is 1. The van der Waals surface area contributed by atoms with Gasteiger partial charge in [-0.3, -0.25) is 4.79 Å². The molecule has 0 unspecified atom stereocenters. The molecule has 1 amide bonds. The lowest BCUT2D eigenvalue weighted by molar-refractivity contribution is -0.116. The first-order valence-electron chi connectivity index (χ1n) is 8.65. The van der Waals surface area contributed by atoms with Gasteiger partial charge in [0.2, 0.25) is 11.8 Å². The molecule has 0 aliphatic carbocycles. The summed E-state index contributed by atoms with van der Waals surface area (Å²) < 4.78 is 18.5. The predicted octanol–water partition coefficient (Wildman–Crippen LogP) is 4.59. The van der Waals surface area contributed by atoms with Crippen LogP contribution in [-0.2, 0) is 16.6 Å². The molecule has 3 rings (SSSR count). The number of carbonyl (C=O) groups excluding carboxylic acids is 1. The monoisotopic (exact) mass is 388 g/mol. The summed E-state index contributed by atoms with van der Waals surface area (Å²) in [6, 6.07) is 6.20. The second kappa shape index (κ2) is 7.96. The average Bonchev–Trinajstić information content (AvgIpc) is 3.24. The van der Waals surface area contributed by atoms with E-state index in [0.717, 1.165) is 0 Å². The van der Waals surface area contributed by atoms with Crippen molar-refractivity contribution in [2.45, 2.75) is 45.4 Å². The number of aromatic nitrogens is 3. The Labute approximate surface area is 160 Å². The highest BCUT2D eigenvalue weighted by Crippen LogP contribution is 2.25. The second-order valence-corrected chi connectivity index (χ2v) is 8.07. The van der Waals surface area contributed by atoms with Gasteiger partial charge in [-0.1, -0.05) is 38.1 Å². The third kappa shape index (κ3) is 5.19. The highest BCUT2D eigenvalue weighted by Gasteiger charge is 2.20. The molecule has 1 N–H and O–H groups in total. The lowest BCUT2D eigenvalue weighted by Gasteiger charge is -2.10. The summed E-state index contributed by atoms with van der Waals surface area (Å²) in [6.45, 7) is 6.05. The predicted molar refractivity (Wildman–Crippen MR) is 102 cm³/mol. The van der Waals surface area contributed by atoms with E-state index in [0.29, 0.717) is 47.4 Å². The van der Waals surface area contributed by atoms with Gasteiger partial charge in [-0.15, -0.1) is 11.3 Å². The molecule has 142 valence electrons. The first-order chi connectivity index (χ1) is 12.8. The summed E-state index contributed by atoms with van der Waals surface area (Å²) >= 11 is 1.31. The molecule has 0 atom stereocenters. The number of halogens is 1. The minimum atomic E-state index is -0.318. The fourth-order valence-electron chi connectivity index (χ4n) is 2.35. The zero-order valence-corrected chi connectivity index (χ0v) is 16.3. The Balaban J connectivity index is 1.49. The Morgan fingerprint density at radius 1 is 1.30 bits per heavy atom. The number of anilines is 1. The Hall–Kier alpha value is -2.61. The molecule has 0 aliphatic rings. The minimum Gasteiger partial charge on any atom is -0.339 e. The van der Waals surface area contributed by atoms with Gasteiger partial charge in [0.15, 0.2) is 11.0 Å². The van der Waals surface area contributed by atoms with Crippen LogP contribution in [0.1, 0.15) is 45.3 Å². The molecular weight excluding hydrogens is 367 g/mol. The zero-order chi connectivity index (χ0) is 19.4. The maximum Gasteiger partial charge on any atom is 0.226 e. The number of hydrogen-bond acceptors (Lipinski definition) is 6. The third-order valence-corrected chi connectivity index (χ3v) is 4.56. The van der Waals surface area contributed by atoms with Crippen molar-refractivity contribution in [2.24, 2.45) is 0 Å². The van der Waals surface area contributed by atoms with Gasteiger partial charge in [0, 0.05) is 29.2 Å². The summed E-state index contributed by atoms with van der Waals surface area (Å²) in [4.78, 5) is 20.8. The van der Waals surface area contributed by atoms with Crippen molar-refractivity contribution in [3.05, 3.63) is 47.2 Å². The van der Waals surface area contributed by atoms with Gasteiger partial charge in [-0.05, 0) is 18.6 Å². The minimum absolute atomic E-state index is 0.134. The molecule has 3 aromatic rings. The van der Waals surface area contributed by atoms with E-state index in [4.69, 9.17) is 4.52 Å². The SMILES string of the molecule is CC(C)(C)c1noc(CCCC(=O)Nc2nc(-c3cccc(F)c3)cs2)n1. The molecule has 2 aromatic heterocycles. The Morgan fingerprint density at radius 3 is 2.81 bits per heavy atom. The van der Waals surface area contributed by atoms with Crippen molar-refractivity contribution in [1.82, 2.24) is 15.1 Å². The van der Waals surface area contributed by atoms with Gasteiger partial charge >= 0.3 is 0 Å². The number of rotatable bonds is 6. The third-order valence-electron chi connectivity index (χ3n) is 3.80. The maximum absolute atomic E-state index is 13.3. The molecule has 6 nitrogen and oxygen atoms in total. The second-order valence-electron chi connectivity index (χ2n) is 7.21. The molecular formula is C19H21FN4O2S. The Bertz CT molecular complexity index is 930. The van der Waals surface area contributed by atoms with Crippen LogP contribution in [-0.4, -0.2) is 21.0 Å². The molecule has 0 saturated heterocycles. The van der Waals surface area contributed by atoms with Crippen molar-refractivity contribution < 1.29 is 13.7 Å². The van der Waals surface area contributed by atoms with Crippen LogP contribution in [0.5, 0.6) is 0 Å². The fraction of sp³-hybridized carbons (Fsp3) is 0.368. The average molecular weight is 388 g/mol. The van der Waals surface area contributed by atoms with Crippen molar-refractivity contribution in [3.63, 3.8) is 0 Å². The highest BCUT2D eigenvalue weighted by atomic mass is 32.1. The maximum atomic E-state index is 13.3. The van der Waals surface area contributed by atoms with Crippen molar-refractivity contribution >= 4 is 22.4 Å². The number of aryl methyl sites for hydroxylation is 1. The van der Waals surface area contributed by atoms with E-state index in [1.165, 1.54) is 23.5 Å². The van der Waals surface area contributed by atoms with Crippen LogP contribution in [0.4, 0.5) is 9.52 Å². The topological polar surface area (TPSA) is 80.9 Å². The highest BCUT2D eigenvalue weighted by molar-refractivity contribution is 7.14. The summed E-state index contributed by atoms with van der Waals surface area (Å²) in [5.41, 5.74) is 1.15. The van der Waals surface area contributed by atoms with E-state index in [-0.39, 0.29) is 17.1 Å². The molecule has 27 heavy (non-hydrogen) atoms. The van der Waals surface area contributed by atoms with Gasteiger partial charge in [0.05, 0.1) is 5.69 Å². The van der Waals surface area contributed by atoms with Crippen LogP contribution in [0.15, 0.2) is 34.2 Å². The molecule has 0 fully saturated rings. The molecule has 0 radical (unpaired) electrons. The van der Waals surface area contributed by atoms with Gasteiger partial charge in [-0.2, -0.15) is 4.98 Å². The van der Waals surface area contributed by atoms with Crippen molar-refractivity contribution in [2.75, 3.05) is 5.32 Å². The molecule has 0 saturated carbocycles. The number of carbonyl (C=O) groups is 1. The van der Waals surface area contributed by atoms with Gasteiger partial charge in [0.25, 0.3) is 0 Å².